The van der Waals surface area contributed by atoms with Gasteiger partial charge in [0.25, 0.3) is 5.91 Å². The summed E-state index contributed by atoms with van der Waals surface area (Å²) in [5.74, 6) is -2.43. The van der Waals surface area contributed by atoms with Crippen LogP contribution in [0.3, 0.4) is 0 Å². The number of aromatic nitrogens is 1. The maximum absolute atomic E-state index is 13.3. The molecule has 3 N–H and O–H groups in total. The predicted molar refractivity (Wildman–Crippen MR) is 96.8 cm³/mol. The van der Waals surface area contributed by atoms with E-state index in [1.165, 1.54) is 6.07 Å². The molecule has 3 aromatic rings. The quantitative estimate of drug-likeness (QED) is 0.618. The highest BCUT2D eigenvalue weighted by molar-refractivity contribution is 6.07. The highest BCUT2D eigenvalue weighted by Crippen LogP contribution is 2.20. The number of amides is 3. The summed E-state index contributed by atoms with van der Waals surface area (Å²) in [6, 6.07) is 9.50. The topological polar surface area (TPSA) is 75.2 Å². The van der Waals surface area contributed by atoms with Gasteiger partial charge in [-0.2, -0.15) is 0 Å². The first-order chi connectivity index (χ1) is 12.9. The largest absolute Gasteiger partial charge is 0.350 e. The SMILES string of the molecule is CC(NC(=O)NNC(=O)c1cn(C)c2ccccc12)c1ccc(F)c(F)c1. The third-order valence-corrected chi connectivity index (χ3v) is 4.22. The van der Waals surface area contributed by atoms with Crippen LogP contribution < -0.4 is 16.2 Å². The van der Waals surface area contributed by atoms with Crippen molar-refractivity contribution in [3.63, 3.8) is 0 Å². The van der Waals surface area contributed by atoms with Crippen molar-refractivity contribution in [2.75, 3.05) is 0 Å². The Hall–Kier alpha value is -3.42. The number of carbonyl (C=O) groups is 2. The number of para-hydroxylation sites is 1. The smallest absolute Gasteiger partial charge is 0.333 e. The molecule has 0 radical (unpaired) electrons. The Morgan fingerprint density at radius 2 is 1.78 bits per heavy atom. The Bertz CT molecular complexity index is 1020. The molecule has 0 aliphatic heterocycles. The molecule has 0 fully saturated rings. The average Bonchev–Trinajstić information content (AvgIpc) is 2.99. The van der Waals surface area contributed by atoms with Gasteiger partial charge in [-0.3, -0.25) is 10.2 Å². The van der Waals surface area contributed by atoms with Gasteiger partial charge in [0.1, 0.15) is 0 Å². The number of aryl methyl sites for hydroxylation is 1. The molecule has 1 atom stereocenters. The summed E-state index contributed by atoms with van der Waals surface area (Å²) in [7, 11) is 1.82. The summed E-state index contributed by atoms with van der Waals surface area (Å²) < 4.78 is 28.1. The van der Waals surface area contributed by atoms with E-state index in [-0.39, 0.29) is 0 Å². The molecule has 27 heavy (non-hydrogen) atoms. The molecule has 0 spiro atoms. The third-order valence-electron chi connectivity index (χ3n) is 4.22. The van der Waals surface area contributed by atoms with Crippen LogP contribution in [0.1, 0.15) is 28.9 Å². The molecule has 1 aromatic heterocycles. The van der Waals surface area contributed by atoms with Gasteiger partial charge in [-0.25, -0.2) is 19.0 Å². The molecular formula is C19H18F2N4O2. The highest BCUT2D eigenvalue weighted by Gasteiger charge is 2.16. The van der Waals surface area contributed by atoms with Gasteiger partial charge in [-0.15, -0.1) is 0 Å². The van der Waals surface area contributed by atoms with E-state index in [2.05, 4.69) is 16.2 Å². The summed E-state index contributed by atoms with van der Waals surface area (Å²) in [4.78, 5) is 24.3. The minimum Gasteiger partial charge on any atom is -0.350 e. The zero-order valence-electron chi connectivity index (χ0n) is 14.7. The lowest BCUT2D eigenvalue weighted by molar-refractivity contribution is 0.0937. The Morgan fingerprint density at radius 1 is 1.04 bits per heavy atom. The fourth-order valence-corrected chi connectivity index (χ4v) is 2.80. The zero-order valence-corrected chi connectivity index (χ0v) is 14.7. The van der Waals surface area contributed by atoms with Gasteiger partial charge in [-0.05, 0) is 30.7 Å². The van der Waals surface area contributed by atoms with Crippen molar-refractivity contribution in [2.24, 2.45) is 7.05 Å². The monoisotopic (exact) mass is 372 g/mol. The van der Waals surface area contributed by atoms with Gasteiger partial charge in [0, 0.05) is 24.1 Å². The Labute approximate surface area is 154 Å². The molecule has 140 valence electrons. The van der Waals surface area contributed by atoms with Crippen molar-refractivity contribution in [1.82, 2.24) is 20.7 Å². The molecule has 0 bridgehead atoms. The summed E-state index contributed by atoms with van der Waals surface area (Å²) in [6.07, 6.45) is 1.67. The molecule has 0 saturated heterocycles. The number of urea groups is 1. The summed E-state index contributed by atoms with van der Waals surface area (Å²) in [6.45, 7) is 1.61. The Kier molecular flexibility index (Phi) is 5.07. The van der Waals surface area contributed by atoms with Crippen LogP contribution in [-0.4, -0.2) is 16.5 Å². The van der Waals surface area contributed by atoms with Crippen LogP contribution in [0, 0.1) is 11.6 Å². The fourth-order valence-electron chi connectivity index (χ4n) is 2.80. The highest BCUT2D eigenvalue weighted by atomic mass is 19.2. The minimum absolute atomic E-state index is 0.393. The average molecular weight is 372 g/mol. The molecule has 2 aromatic carbocycles. The number of hydrogen-bond donors (Lipinski definition) is 3. The molecule has 3 rings (SSSR count). The second-order valence-corrected chi connectivity index (χ2v) is 6.12. The van der Waals surface area contributed by atoms with E-state index in [4.69, 9.17) is 0 Å². The number of carbonyl (C=O) groups excluding carboxylic acids is 2. The van der Waals surface area contributed by atoms with Crippen molar-refractivity contribution >= 4 is 22.8 Å². The number of benzene rings is 2. The molecular weight excluding hydrogens is 354 g/mol. The first-order valence-electron chi connectivity index (χ1n) is 8.22. The number of fused-ring (bicyclic) bond motifs is 1. The number of rotatable bonds is 3. The predicted octanol–water partition coefficient (Wildman–Crippen LogP) is 3.16. The van der Waals surface area contributed by atoms with Gasteiger partial charge in [-0.1, -0.05) is 24.3 Å². The second kappa shape index (κ2) is 7.45. The fraction of sp³-hybridized carbons (Fsp3) is 0.158. The summed E-state index contributed by atoms with van der Waals surface area (Å²) in [5, 5.41) is 3.29. The van der Waals surface area contributed by atoms with Gasteiger partial charge in [0.15, 0.2) is 11.6 Å². The van der Waals surface area contributed by atoms with E-state index in [1.54, 1.807) is 13.1 Å². The van der Waals surface area contributed by atoms with Gasteiger partial charge in [0.05, 0.1) is 11.6 Å². The van der Waals surface area contributed by atoms with Crippen LogP contribution in [0.5, 0.6) is 0 Å². The van der Waals surface area contributed by atoms with E-state index in [0.717, 1.165) is 23.0 Å². The summed E-state index contributed by atoms with van der Waals surface area (Å²) >= 11 is 0. The molecule has 1 unspecified atom stereocenters. The minimum atomic E-state index is -0.995. The van der Waals surface area contributed by atoms with Crippen molar-refractivity contribution < 1.29 is 18.4 Å². The Balaban J connectivity index is 1.61. The van der Waals surface area contributed by atoms with Crippen LogP contribution in [0.4, 0.5) is 13.6 Å². The van der Waals surface area contributed by atoms with Crippen molar-refractivity contribution in [3.05, 3.63) is 71.4 Å². The molecule has 3 amide bonds. The van der Waals surface area contributed by atoms with Crippen LogP contribution >= 0.6 is 0 Å². The van der Waals surface area contributed by atoms with Crippen molar-refractivity contribution in [2.45, 2.75) is 13.0 Å². The molecule has 0 aliphatic rings. The van der Waals surface area contributed by atoms with Crippen LogP contribution in [-0.2, 0) is 7.05 Å². The van der Waals surface area contributed by atoms with Gasteiger partial charge < -0.3 is 9.88 Å². The normalized spacial score (nSPS) is 11.9. The number of nitrogens with one attached hydrogen (secondary N) is 3. The van der Waals surface area contributed by atoms with Gasteiger partial charge >= 0.3 is 6.03 Å². The van der Waals surface area contributed by atoms with Crippen LogP contribution in [0.2, 0.25) is 0 Å². The lowest BCUT2D eigenvalue weighted by atomic mass is 10.1. The molecule has 8 heteroatoms. The number of hydrazine groups is 1. The van der Waals surface area contributed by atoms with E-state index in [1.807, 2.05) is 35.9 Å². The van der Waals surface area contributed by atoms with E-state index < -0.39 is 29.6 Å². The first kappa shape index (κ1) is 18.4. The van der Waals surface area contributed by atoms with E-state index in [9.17, 15) is 18.4 Å². The van der Waals surface area contributed by atoms with Crippen LogP contribution in [0.15, 0.2) is 48.7 Å². The van der Waals surface area contributed by atoms with Crippen molar-refractivity contribution in [3.8, 4) is 0 Å². The van der Waals surface area contributed by atoms with Crippen molar-refractivity contribution in [1.29, 1.82) is 0 Å². The lowest BCUT2D eigenvalue weighted by Crippen LogP contribution is -2.47. The number of halogens is 2. The molecule has 1 heterocycles. The third kappa shape index (κ3) is 3.89. The molecule has 0 saturated carbocycles. The standard InChI is InChI=1S/C19H18F2N4O2/c1-11(12-7-8-15(20)16(21)9-12)22-19(27)24-23-18(26)14-10-25(2)17-6-4-3-5-13(14)17/h3-11H,1-2H3,(H,23,26)(H2,22,24,27). The van der Waals surface area contributed by atoms with Gasteiger partial charge in [0.2, 0.25) is 0 Å². The lowest BCUT2D eigenvalue weighted by Gasteiger charge is -2.15. The maximum atomic E-state index is 13.3. The number of nitrogens with zero attached hydrogens (tertiary/aromatic N) is 1. The van der Waals surface area contributed by atoms with E-state index >= 15 is 0 Å². The molecule has 6 nitrogen and oxygen atoms in total. The van der Waals surface area contributed by atoms with E-state index in [0.29, 0.717) is 11.1 Å². The molecule has 0 aliphatic carbocycles. The Morgan fingerprint density at radius 3 is 2.52 bits per heavy atom. The number of hydrogen-bond acceptors (Lipinski definition) is 2. The first-order valence-corrected chi connectivity index (χ1v) is 8.22. The second-order valence-electron chi connectivity index (χ2n) is 6.12. The summed E-state index contributed by atoms with van der Waals surface area (Å²) in [5.41, 5.74) is 6.29. The zero-order chi connectivity index (χ0) is 19.6. The maximum Gasteiger partial charge on any atom is 0.333 e. The van der Waals surface area contributed by atoms with Crippen LogP contribution in [0.25, 0.3) is 10.9 Å².